The van der Waals surface area contributed by atoms with Gasteiger partial charge in [-0.05, 0) is 55.8 Å². The third kappa shape index (κ3) is 4.30. The second-order valence-corrected chi connectivity index (χ2v) is 5.28. The molecule has 1 atom stereocenters. The van der Waals surface area contributed by atoms with Crippen LogP contribution in [0.3, 0.4) is 0 Å². The van der Waals surface area contributed by atoms with E-state index in [2.05, 4.69) is 5.32 Å². The van der Waals surface area contributed by atoms with Crippen molar-refractivity contribution >= 4 is 0 Å². The van der Waals surface area contributed by atoms with Crippen LogP contribution in [0.15, 0.2) is 48.5 Å². The summed E-state index contributed by atoms with van der Waals surface area (Å²) in [4.78, 5) is 0. The average molecular weight is 287 g/mol. The summed E-state index contributed by atoms with van der Waals surface area (Å²) in [5.41, 5.74) is 1.99. The molecular weight excluding hydrogens is 265 g/mol. The summed E-state index contributed by atoms with van der Waals surface area (Å²) in [7, 11) is 0. The number of halogens is 1. The van der Waals surface area contributed by atoms with Crippen LogP contribution < -0.4 is 10.1 Å². The van der Waals surface area contributed by atoms with Gasteiger partial charge in [-0.25, -0.2) is 4.39 Å². The molecule has 0 bridgehead atoms. The molecule has 0 heterocycles. The fraction of sp³-hybridized carbons (Fsp3) is 0.333. The van der Waals surface area contributed by atoms with E-state index in [0.717, 1.165) is 23.4 Å². The van der Waals surface area contributed by atoms with E-state index in [0.29, 0.717) is 0 Å². The Morgan fingerprint density at radius 2 is 1.71 bits per heavy atom. The number of benzene rings is 2. The van der Waals surface area contributed by atoms with Gasteiger partial charge in [0.05, 0.1) is 12.1 Å². The molecule has 0 saturated heterocycles. The summed E-state index contributed by atoms with van der Waals surface area (Å²) in [6.45, 7) is 6.85. The Hall–Kier alpha value is -1.87. The van der Waals surface area contributed by atoms with Gasteiger partial charge in [-0.15, -0.1) is 0 Å². The van der Waals surface area contributed by atoms with Crippen LogP contribution >= 0.6 is 0 Å². The minimum Gasteiger partial charge on any atom is -0.491 e. The van der Waals surface area contributed by atoms with Crippen LogP contribution in [0.1, 0.15) is 37.9 Å². The predicted molar refractivity (Wildman–Crippen MR) is 84.1 cm³/mol. The quantitative estimate of drug-likeness (QED) is 0.854. The molecule has 0 aliphatic heterocycles. The van der Waals surface area contributed by atoms with E-state index in [4.69, 9.17) is 4.74 Å². The fourth-order valence-electron chi connectivity index (χ4n) is 2.36. The highest BCUT2D eigenvalue weighted by atomic mass is 19.1. The Balaban J connectivity index is 2.34. The van der Waals surface area contributed by atoms with E-state index in [1.54, 1.807) is 12.1 Å². The molecule has 0 aliphatic carbocycles. The first-order valence-corrected chi connectivity index (χ1v) is 7.35. The smallest absolute Gasteiger partial charge is 0.123 e. The summed E-state index contributed by atoms with van der Waals surface area (Å²) in [6.07, 6.45) is 0.131. The first kappa shape index (κ1) is 15.5. The van der Waals surface area contributed by atoms with Gasteiger partial charge < -0.3 is 10.1 Å². The molecule has 0 saturated carbocycles. The van der Waals surface area contributed by atoms with Gasteiger partial charge in [-0.3, -0.25) is 0 Å². The molecule has 0 aromatic heterocycles. The van der Waals surface area contributed by atoms with Crippen LogP contribution in [0.2, 0.25) is 0 Å². The van der Waals surface area contributed by atoms with E-state index in [-0.39, 0.29) is 18.0 Å². The fourth-order valence-corrected chi connectivity index (χ4v) is 2.36. The third-order valence-electron chi connectivity index (χ3n) is 3.15. The van der Waals surface area contributed by atoms with Crippen molar-refractivity contribution in [3.8, 4) is 5.75 Å². The molecule has 1 N–H and O–H groups in total. The van der Waals surface area contributed by atoms with E-state index in [1.165, 1.54) is 6.07 Å². The maximum absolute atomic E-state index is 13.5. The van der Waals surface area contributed by atoms with E-state index in [1.807, 2.05) is 51.1 Å². The molecule has 21 heavy (non-hydrogen) atoms. The summed E-state index contributed by atoms with van der Waals surface area (Å²) in [5, 5.41) is 3.40. The van der Waals surface area contributed by atoms with Crippen molar-refractivity contribution in [2.24, 2.45) is 0 Å². The Morgan fingerprint density at radius 1 is 1.05 bits per heavy atom. The number of nitrogens with one attached hydrogen (secondary N) is 1. The number of ether oxygens (including phenoxy) is 1. The van der Waals surface area contributed by atoms with E-state index < -0.39 is 0 Å². The zero-order valence-corrected chi connectivity index (χ0v) is 12.8. The third-order valence-corrected chi connectivity index (χ3v) is 3.15. The molecule has 0 spiro atoms. The van der Waals surface area contributed by atoms with Crippen LogP contribution in [-0.4, -0.2) is 12.6 Å². The molecule has 0 aliphatic rings. The molecule has 112 valence electrons. The maximum Gasteiger partial charge on any atom is 0.123 e. The molecule has 1 unspecified atom stereocenters. The van der Waals surface area contributed by atoms with Gasteiger partial charge in [-0.2, -0.15) is 0 Å². The van der Waals surface area contributed by atoms with Gasteiger partial charge in [0.1, 0.15) is 11.6 Å². The minimum absolute atomic E-state index is 0.0404. The lowest BCUT2D eigenvalue weighted by Crippen LogP contribution is -2.22. The molecule has 2 rings (SSSR count). The second-order valence-electron chi connectivity index (χ2n) is 5.28. The van der Waals surface area contributed by atoms with Gasteiger partial charge in [0.25, 0.3) is 0 Å². The van der Waals surface area contributed by atoms with Crippen molar-refractivity contribution < 1.29 is 9.13 Å². The maximum atomic E-state index is 13.5. The van der Waals surface area contributed by atoms with Crippen molar-refractivity contribution in [3.63, 3.8) is 0 Å². The summed E-state index contributed by atoms with van der Waals surface area (Å²) in [6, 6.07) is 14.6. The minimum atomic E-state index is -0.218. The molecule has 2 nitrogen and oxygen atoms in total. The Labute approximate surface area is 126 Å². The van der Waals surface area contributed by atoms with Crippen LogP contribution in [0.4, 0.5) is 4.39 Å². The van der Waals surface area contributed by atoms with Crippen LogP contribution in [0.25, 0.3) is 0 Å². The zero-order valence-electron chi connectivity index (χ0n) is 12.8. The molecule has 0 fully saturated rings. The standard InChI is InChI=1S/C18H22FNO/c1-4-20-18(14-7-5-9-16(19)11-14)15-8-6-10-17(12-15)21-13(2)3/h5-13,18,20H,4H2,1-3H3. The summed E-state index contributed by atoms with van der Waals surface area (Å²) < 4.78 is 19.2. The first-order chi connectivity index (χ1) is 10.1. The monoisotopic (exact) mass is 287 g/mol. The normalized spacial score (nSPS) is 12.4. The second kappa shape index (κ2) is 7.23. The van der Waals surface area contributed by atoms with Gasteiger partial charge >= 0.3 is 0 Å². The van der Waals surface area contributed by atoms with Gasteiger partial charge in [0.2, 0.25) is 0 Å². The molecule has 2 aromatic rings. The highest BCUT2D eigenvalue weighted by molar-refractivity contribution is 5.37. The largest absolute Gasteiger partial charge is 0.491 e. The Kier molecular flexibility index (Phi) is 5.34. The lowest BCUT2D eigenvalue weighted by molar-refractivity contribution is 0.242. The highest BCUT2D eigenvalue weighted by Gasteiger charge is 2.14. The first-order valence-electron chi connectivity index (χ1n) is 7.35. The van der Waals surface area contributed by atoms with Gasteiger partial charge in [-0.1, -0.05) is 31.2 Å². The van der Waals surface area contributed by atoms with Crippen LogP contribution in [0.5, 0.6) is 5.75 Å². The lowest BCUT2D eigenvalue weighted by Gasteiger charge is -2.20. The van der Waals surface area contributed by atoms with Crippen molar-refractivity contribution in [3.05, 3.63) is 65.5 Å². The van der Waals surface area contributed by atoms with Crippen molar-refractivity contribution in [1.82, 2.24) is 5.32 Å². The number of hydrogen-bond donors (Lipinski definition) is 1. The molecular formula is C18H22FNO. The zero-order chi connectivity index (χ0) is 15.2. The van der Waals surface area contributed by atoms with E-state index >= 15 is 0 Å². The van der Waals surface area contributed by atoms with Crippen LogP contribution in [0, 0.1) is 5.82 Å². The molecule has 2 aromatic carbocycles. The van der Waals surface area contributed by atoms with E-state index in [9.17, 15) is 4.39 Å². The van der Waals surface area contributed by atoms with Gasteiger partial charge in [0, 0.05) is 0 Å². The summed E-state index contributed by atoms with van der Waals surface area (Å²) in [5.74, 6) is 0.617. The topological polar surface area (TPSA) is 21.3 Å². The Morgan fingerprint density at radius 3 is 2.33 bits per heavy atom. The summed E-state index contributed by atoms with van der Waals surface area (Å²) >= 11 is 0. The average Bonchev–Trinajstić information content (AvgIpc) is 2.44. The Bertz CT molecular complexity index is 583. The van der Waals surface area contributed by atoms with Crippen molar-refractivity contribution in [1.29, 1.82) is 0 Å². The molecule has 3 heteroatoms. The van der Waals surface area contributed by atoms with Gasteiger partial charge in [0.15, 0.2) is 0 Å². The SMILES string of the molecule is CCNC(c1cccc(F)c1)c1cccc(OC(C)C)c1. The number of rotatable bonds is 6. The highest BCUT2D eigenvalue weighted by Crippen LogP contribution is 2.26. The lowest BCUT2D eigenvalue weighted by atomic mass is 9.98. The van der Waals surface area contributed by atoms with Crippen molar-refractivity contribution in [2.75, 3.05) is 6.54 Å². The van der Waals surface area contributed by atoms with Crippen molar-refractivity contribution in [2.45, 2.75) is 32.9 Å². The molecule has 0 radical (unpaired) electrons. The van der Waals surface area contributed by atoms with Crippen LogP contribution in [-0.2, 0) is 0 Å². The predicted octanol–water partition coefficient (Wildman–Crippen LogP) is 4.31. The number of hydrogen-bond acceptors (Lipinski definition) is 2. The molecule has 0 amide bonds.